The van der Waals surface area contributed by atoms with E-state index in [1.807, 2.05) is 6.92 Å². The Kier molecular flexibility index (Phi) is 4.93. The van der Waals surface area contributed by atoms with Crippen LogP contribution in [0, 0.1) is 0 Å². The maximum Gasteiger partial charge on any atom is 0.253 e. The third-order valence-corrected chi connectivity index (χ3v) is 2.07. The summed E-state index contributed by atoms with van der Waals surface area (Å²) in [6.45, 7) is 2.34. The highest BCUT2D eigenvalue weighted by Crippen LogP contribution is 2.03. The Bertz CT molecular complexity index is 389. The lowest BCUT2D eigenvalue weighted by Crippen LogP contribution is -2.36. The van der Waals surface area contributed by atoms with Crippen LogP contribution in [0.5, 0.6) is 0 Å². The van der Waals surface area contributed by atoms with Gasteiger partial charge in [-0.05, 0) is 19.1 Å². The van der Waals surface area contributed by atoms with Gasteiger partial charge in [0.2, 0.25) is 5.91 Å². The largest absolute Gasteiger partial charge is 0.373 e. The molecule has 0 bridgehead atoms. The second kappa shape index (κ2) is 6.47. The van der Waals surface area contributed by atoms with E-state index in [0.29, 0.717) is 17.9 Å². The van der Waals surface area contributed by atoms with Crippen molar-refractivity contribution in [3.63, 3.8) is 0 Å². The Labute approximate surface area is 99.8 Å². The molecule has 1 rings (SSSR count). The van der Waals surface area contributed by atoms with Gasteiger partial charge in [-0.2, -0.15) is 0 Å². The molecule has 1 aromatic rings. The predicted octanol–water partition coefficient (Wildman–Crippen LogP) is -0.0108. The number of hydrogen-bond acceptors (Lipinski definition) is 4. The summed E-state index contributed by atoms with van der Waals surface area (Å²) in [5, 5.41) is 7.95. The van der Waals surface area contributed by atoms with Crippen LogP contribution in [-0.2, 0) is 4.79 Å². The number of carbonyl (C=O) groups excluding carboxylic acids is 2. The SMILES string of the molecule is CCNC(=O)CNC(=O)c1ccc(NC)nc1. The van der Waals surface area contributed by atoms with E-state index < -0.39 is 0 Å². The van der Waals surface area contributed by atoms with Crippen LogP contribution < -0.4 is 16.0 Å². The van der Waals surface area contributed by atoms with Crippen LogP contribution in [0.4, 0.5) is 5.82 Å². The number of rotatable bonds is 5. The Morgan fingerprint density at radius 3 is 2.59 bits per heavy atom. The van der Waals surface area contributed by atoms with E-state index in [0.717, 1.165) is 0 Å². The molecular weight excluding hydrogens is 220 g/mol. The molecule has 0 unspecified atom stereocenters. The summed E-state index contributed by atoms with van der Waals surface area (Å²) in [5.41, 5.74) is 0.424. The zero-order valence-corrected chi connectivity index (χ0v) is 9.91. The molecule has 0 saturated carbocycles. The first-order chi connectivity index (χ1) is 8.17. The average Bonchev–Trinajstić information content (AvgIpc) is 2.36. The first-order valence-corrected chi connectivity index (χ1v) is 5.36. The molecule has 0 saturated heterocycles. The Hall–Kier alpha value is -2.11. The number of amides is 2. The van der Waals surface area contributed by atoms with Crippen molar-refractivity contribution < 1.29 is 9.59 Å². The van der Waals surface area contributed by atoms with Crippen LogP contribution in [0.2, 0.25) is 0 Å². The normalized spacial score (nSPS) is 9.53. The van der Waals surface area contributed by atoms with Gasteiger partial charge in [-0.15, -0.1) is 0 Å². The summed E-state index contributed by atoms with van der Waals surface area (Å²) in [5.74, 6) is 0.164. The van der Waals surface area contributed by atoms with Gasteiger partial charge in [0.1, 0.15) is 5.82 Å². The van der Waals surface area contributed by atoms with Gasteiger partial charge in [-0.3, -0.25) is 9.59 Å². The smallest absolute Gasteiger partial charge is 0.253 e. The molecule has 1 aromatic heterocycles. The molecule has 0 atom stereocenters. The maximum absolute atomic E-state index is 11.6. The Morgan fingerprint density at radius 1 is 1.29 bits per heavy atom. The number of pyridine rings is 1. The summed E-state index contributed by atoms with van der Waals surface area (Å²) in [6.07, 6.45) is 1.46. The number of nitrogens with one attached hydrogen (secondary N) is 3. The van der Waals surface area contributed by atoms with Gasteiger partial charge in [0.15, 0.2) is 0 Å². The molecule has 3 N–H and O–H groups in total. The fourth-order valence-electron chi connectivity index (χ4n) is 1.20. The lowest BCUT2D eigenvalue weighted by atomic mass is 10.2. The average molecular weight is 236 g/mol. The molecule has 0 spiro atoms. The minimum atomic E-state index is -0.314. The predicted molar refractivity (Wildman–Crippen MR) is 64.8 cm³/mol. The van der Waals surface area contributed by atoms with Crippen molar-refractivity contribution in [1.29, 1.82) is 0 Å². The van der Waals surface area contributed by atoms with E-state index in [1.54, 1.807) is 19.2 Å². The fourth-order valence-corrected chi connectivity index (χ4v) is 1.20. The third kappa shape index (κ3) is 4.10. The first-order valence-electron chi connectivity index (χ1n) is 5.36. The summed E-state index contributed by atoms with van der Waals surface area (Å²) in [6, 6.07) is 3.34. The molecule has 17 heavy (non-hydrogen) atoms. The zero-order valence-electron chi connectivity index (χ0n) is 9.91. The van der Waals surface area contributed by atoms with E-state index >= 15 is 0 Å². The van der Waals surface area contributed by atoms with E-state index in [1.165, 1.54) is 6.20 Å². The molecule has 0 aliphatic carbocycles. The standard InChI is InChI=1S/C11H16N4O2/c1-3-13-10(16)7-15-11(17)8-4-5-9(12-2)14-6-8/h4-6H,3,7H2,1-2H3,(H,12,14)(H,13,16)(H,15,17). The molecule has 0 fully saturated rings. The maximum atomic E-state index is 11.6. The molecule has 0 aliphatic rings. The van der Waals surface area contributed by atoms with Gasteiger partial charge < -0.3 is 16.0 Å². The van der Waals surface area contributed by atoms with E-state index in [9.17, 15) is 9.59 Å². The monoisotopic (exact) mass is 236 g/mol. The van der Waals surface area contributed by atoms with E-state index in [4.69, 9.17) is 0 Å². The molecule has 1 heterocycles. The molecule has 0 aromatic carbocycles. The molecule has 6 nitrogen and oxygen atoms in total. The Morgan fingerprint density at radius 2 is 2.06 bits per heavy atom. The summed E-state index contributed by atoms with van der Waals surface area (Å²) < 4.78 is 0. The Balaban J connectivity index is 2.49. The van der Waals surface area contributed by atoms with Crippen LogP contribution in [0.15, 0.2) is 18.3 Å². The van der Waals surface area contributed by atoms with Gasteiger partial charge in [0, 0.05) is 19.8 Å². The van der Waals surface area contributed by atoms with Crippen LogP contribution in [0.1, 0.15) is 17.3 Å². The fraction of sp³-hybridized carbons (Fsp3) is 0.364. The van der Waals surface area contributed by atoms with Crippen molar-refractivity contribution in [3.05, 3.63) is 23.9 Å². The van der Waals surface area contributed by atoms with Crippen LogP contribution in [0.25, 0.3) is 0 Å². The number of aromatic nitrogens is 1. The van der Waals surface area contributed by atoms with Gasteiger partial charge in [-0.25, -0.2) is 4.98 Å². The summed E-state index contributed by atoms with van der Waals surface area (Å²) in [4.78, 5) is 26.7. The van der Waals surface area contributed by atoms with Crippen LogP contribution >= 0.6 is 0 Å². The lowest BCUT2D eigenvalue weighted by molar-refractivity contribution is -0.120. The van der Waals surface area contributed by atoms with Gasteiger partial charge in [0.25, 0.3) is 5.91 Å². The van der Waals surface area contributed by atoms with Gasteiger partial charge >= 0.3 is 0 Å². The second-order valence-corrected chi connectivity index (χ2v) is 3.32. The van der Waals surface area contributed by atoms with Crippen molar-refractivity contribution in [2.45, 2.75) is 6.92 Å². The highest BCUT2D eigenvalue weighted by Gasteiger charge is 2.07. The van der Waals surface area contributed by atoms with Gasteiger partial charge in [-0.1, -0.05) is 0 Å². The second-order valence-electron chi connectivity index (χ2n) is 3.32. The van der Waals surface area contributed by atoms with Crippen molar-refractivity contribution in [2.75, 3.05) is 25.5 Å². The van der Waals surface area contributed by atoms with Crippen molar-refractivity contribution >= 4 is 17.6 Å². The number of carbonyl (C=O) groups is 2. The third-order valence-electron chi connectivity index (χ3n) is 2.07. The highest BCUT2D eigenvalue weighted by molar-refractivity contribution is 5.96. The topological polar surface area (TPSA) is 83.1 Å². The zero-order chi connectivity index (χ0) is 12.7. The minimum absolute atomic E-state index is 0.0273. The number of likely N-dealkylation sites (N-methyl/N-ethyl adjacent to an activating group) is 1. The molecule has 2 amide bonds. The number of nitrogens with zero attached hydrogens (tertiary/aromatic N) is 1. The number of anilines is 1. The minimum Gasteiger partial charge on any atom is -0.373 e. The summed E-state index contributed by atoms with van der Waals surface area (Å²) >= 11 is 0. The quantitative estimate of drug-likeness (QED) is 0.671. The van der Waals surface area contributed by atoms with Gasteiger partial charge in [0.05, 0.1) is 12.1 Å². The summed E-state index contributed by atoms with van der Waals surface area (Å²) in [7, 11) is 1.75. The lowest BCUT2D eigenvalue weighted by Gasteiger charge is -2.05. The van der Waals surface area contributed by atoms with Crippen molar-refractivity contribution in [2.24, 2.45) is 0 Å². The van der Waals surface area contributed by atoms with Crippen LogP contribution in [-0.4, -0.2) is 36.9 Å². The number of hydrogen-bond donors (Lipinski definition) is 3. The molecular formula is C11H16N4O2. The van der Waals surface area contributed by atoms with Crippen LogP contribution in [0.3, 0.4) is 0 Å². The first kappa shape index (κ1) is 13.0. The molecule has 92 valence electrons. The molecule has 0 radical (unpaired) electrons. The molecule has 0 aliphatic heterocycles. The van der Waals surface area contributed by atoms with Crippen molar-refractivity contribution in [1.82, 2.24) is 15.6 Å². The van der Waals surface area contributed by atoms with Crippen molar-refractivity contribution in [3.8, 4) is 0 Å². The van der Waals surface area contributed by atoms with E-state index in [-0.39, 0.29) is 18.4 Å². The highest BCUT2D eigenvalue weighted by atomic mass is 16.2. The van der Waals surface area contributed by atoms with E-state index in [2.05, 4.69) is 20.9 Å². The molecule has 6 heteroatoms.